The summed E-state index contributed by atoms with van der Waals surface area (Å²) in [6, 6.07) is 0. The van der Waals surface area contributed by atoms with Crippen LogP contribution in [0.2, 0.25) is 0 Å². The minimum Gasteiger partial charge on any atom is -0.390 e. The fraction of sp³-hybridized carbons (Fsp3) is 1.00. The van der Waals surface area contributed by atoms with Gasteiger partial charge in [0.2, 0.25) is 0 Å². The van der Waals surface area contributed by atoms with Crippen molar-refractivity contribution in [2.24, 2.45) is 5.41 Å². The molecule has 3 N–H and O–H groups in total. The number of hydrogen-bond acceptors (Lipinski definition) is 3. The van der Waals surface area contributed by atoms with Crippen LogP contribution in [0.25, 0.3) is 0 Å². The lowest BCUT2D eigenvalue weighted by molar-refractivity contribution is 0.00626. The minimum absolute atomic E-state index is 0.289. The molecular formula is C10H19NO2. The number of hydrogen-bond donors (Lipinski definition) is 3. The van der Waals surface area contributed by atoms with E-state index in [1.807, 2.05) is 0 Å². The van der Waals surface area contributed by atoms with Gasteiger partial charge in [-0.05, 0) is 24.7 Å². The van der Waals surface area contributed by atoms with Crippen LogP contribution in [0.4, 0.5) is 0 Å². The summed E-state index contributed by atoms with van der Waals surface area (Å²) in [6.45, 7) is 1.52. The van der Waals surface area contributed by atoms with Gasteiger partial charge in [0.15, 0.2) is 0 Å². The van der Waals surface area contributed by atoms with Crippen LogP contribution in [0.3, 0.4) is 0 Å². The van der Waals surface area contributed by atoms with E-state index in [9.17, 15) is 10.2 Å². The highest BCUT2D eigenvalue weighted by molar-refractivity contribution is 4.93. The average molecular weight is 185 g/mol. The Morgan fingerprint density at radius 3 is 2.46 bits per heavy atom. The van der Waals surface area contributed by atoms with Crippen molar-refractivity contribution >= 4 is 0 Å². The fourth-order valence-corrected chi connectivity index (χ4v) is 2.78. The highest BCUT2D eigenvalue weighted by atomic mass is 16.3. The van der Waals surface area contributed by atoms with Crippen LogP contribution >= 0.6 is 0 Å². The topological polar surface area (TPSA) is 52.5 Å². The molecule has 0 aromatic heterocycles. The Bertz CT molecular complexity index is 178. The lowest BCUT2D eigenvalue weighted by Crippen LogP contribution is -2.32. The number of aliphatic hydroxyl groups is 2. The van der Waals surface area contributed by atoms with Crippen molar-refractivity contribution < 1.29 is 10.2 Å². The molecule has 1 aliphatic carbocycles. The molecule has 0 radical (unpaired) electrons. The summed E-state index contributed by atoms with van der Waals surface area (Å²) in [5, 5.41) is 22.4. The van der Waals surface area contributed by atoms with E-state index < -0.39 is 12.2 Å². The van der Waals surface area contributed by atoms with Crippen LogP contribution in [0.5, 0.6) is 0 Å². The summed E-state index contributed by atoms with van der Waals surface area (Å²) < 4.78 is 0. The van der Waals surface area contributed by atoms with E-state index in [0.717, 1.165) is 13.0 Å². The summed E-state index contributed by atoms with van der Waals surface area (Å²) >= 11 is 0. The summed E-state index contributed by atoms with van der Waals surface area (Å²) in [5.41, 5.74) is 0.289. The van der Waals surface area contributed by atoms with Crippen LogP contribution < -0.4 is 5.32 Å². The fourth-order valence-electron chi connectivity index (χ4n) is 2.78. The summed E-state index contributed by atoms with van der Waals surface area (Å²) in [5.74, 6) is 0. The Hall–Kier alpha value is -0.120. The van der Waals surface area contributed by atoms with E-state index in [4.69, 9.17) is 0 Å². The molecule has 0 bridgehead atoms. The predicted molar refractivity (Wildman–Crippen MR) is 50.4 cm³/mol. The molecule has 0 unspecified atom stereocenters. The highest BCUT2D eigenvalue weighted by Gasteiger charge is 2.39. The van der Waals surface area contributed by atoms with Gasteiger partial charge in [-0.3, -0.25) is 0 Å². The van der Waals surface area contributed by atoms with E-state index in [-0.39, 0.29) is 5.41 Å². The zero-order chi connectivity index (χ0) is 9.31. The van der Waals surface area contributed by atoms with E-state index in [0.29, 0.717) is 6.54 Å². The maximum absolute atomic E-state index is 9.69. The van der Waals surface area contributed by atoms with Gasteiger partial charge in [0.1, 0.15) is 0 Å². The molecule has 0 amide bonds. The molecular weight excluding hydrogens is 166 g/mol. The first-order valence-electron chi connectivity index (χ1n) is 5.29. The first-order chi connectivity index (χ1) is 6.22. The standard InChI is InChI=1S/C10H19NO2/c12-8-5-10(3-1-2-4-10)7-11-6-9(8)13/h8-9,11-13H,1-7H2/t8-,9+/m0/s1. The smallest absolute Gasteiger partial charge is 0.0923 e. The van der Waals surface area contributed by atoms with Crippen LogP contribution in [-0.4, -0.2) is 35.5 Å². The lowest BCUT2D eigenvalue weighted by atomic mass is 9.81. The minimum atomic E-state index is -0.569. The Balaban J connectivity index is 2.04. The van der Waals surface area contributed by atoms with Gasteiger partial charge in [0.25, 0.3) is 0 Å². The maximum atomic E-state index is 9.69. The molecule has 2 rings (SSSR count). The van der Waals surface area contributed by atoms with Gasteiger partial charge in [0.05, 0.1) is 12.2 Å². The van der Waals surface area contributed by atoms with E-state index in [1.165, 1.54) is 25.7 Å². The number of β-amino-alcohol motifs (C(OH)–C–C–N with tert-alkyl or cyclic N) is 1. The first kappa shape index (κ1) is 9.44. The molecule has 1 saturated carbocycles. The third-order valence-corrected chi connectivity index (χ3v) is 3.60. The Morgan fingerprint density at radius 1 is 1.08 bits per heavy atom. The molecule has 76 valence electrons. The van der Waals surface area contributed by atoms with Crippen LogP contribution in [0.15, 0.2) is 0 Å². The van der Waals surface area contributed by atoms with Gasteiger partial charge >= 0.3 is 0 Å². The molecule has 1 heterocycles. The SMILES string of the molecule is O[C@@H]1CNCC2(CCCC2)C[C@@H]1O. The number of rotatable bonds is 0. The molecule has 2 fully saturated rings. The molecule has 1 spiro atoms. The number of aliphatic hydroxyl groups excluding tert-OH is 2. The van der Waals surface area contributed by atoms with Crippen LogP contribution in [0, 0.1) is 5.41 Å². The second-order valence-electron chi connectivity index (χ2n) is 4.68. The molecule has 13 heavy (non-hydrogen) atoms. The van der Waals surface area contributed by atoms with Crippen molar-refractivity contribution in [3.8, 4) is 0 Å². The van der Waals surface area contributed by atoms with Crippen LogP contribution in [0.1, 0.15) is 32.1 Å². The zero-order valence-corrected chi connectivity index (χ0v) is 8.00. The maximum Gasteiger partial charge on any atom is 0.0923 e. The molecule has 0 aromatic rings. The van der Waals surface area contributed by atoms with Gasteiger partial charge in [-0.2, -0.15) is 0 Å². The Kier molecular flexibility index (Phi) is 2.58. The van der Waals surface area contributed by atoms with Gasteiger partial charge in [-0.1, -0.05) is 12.8 Å². The van der Waals surface area contributed by atoms with Crippen molar-refractivity contribution in [3.05, 3.63) is 0 Å². The normalized spacial score (nSPS) is 39.2. The predicted octanol–water partition coefficient (Wildman–Crippen LogP) is 0.262. The van der Waals surface area contributed by atoms with Crippen molar-refractivity contribution in [3.63, 3.8) is 0 Å². The largest absolute Gasteiger partial charge is 0.390 e. The van der Waals surface area contributed by atoms with Gasteiger partial charge in [-0.25, -0.2) is 0 Å². The third kappa shape index (κ3) is 1.87. The lowest BCUT2D eigenvalue weighted by Gasteiger charge is -2.28. The molecule has 1 aliphatic heterocycles. The van der Waals surface area contributed by atoms with E-state index in [2.05, 4.69) is 5.32 Å². The molecule has 3 heteroatoms. The zero-order valence-electron chi connectivity index (χ0n) is 8.00. The highest BCUT2D eigenvalue weighted by Crippen LogP contribution is 2.42. The molecule has 1 saturated heterocycles. The van der Waals surface area contributed by atoms with E-state index in [1.54, 1.807) is 0 Å². The molecule has 2 aliphatic rings. The summed E-state index contributed by atoms with van der Waals surface area (Å²) in [6.07, 6.45) is 4.68. The molecule has 3 nitrogen and oxygen atoms in total. The average Bonchev–Trinajstić information content (AvgIpc) is 2.47. The van der Waals surface area contributed by atoms with Crippen LogP contribution in [-0.2, 0) is 0 Å². The monoisotopic (exact) mass is 185 g/mol. The quantitative estimate of drug-likeness (QED) is 0.507. The van der Waals surface area contributed by atoms with E-state index >= 15 is 0 Å². The van der Waals surface area contributed by atoms with Crippen molar-refractivity contribution in [1.29, 1.82) is 0 Å². The second-order valence-corrected chi connectivity index (χ2v) is 4.68. The summed E-state index contributed by atoms with van der Waals surface area (Å²) in [4.78, 5) is 0. The Labute approximate surface area is 79.2 Å². The van der Waals surface area contributed by atoms with Crippen molar-refractivity contribution in [2.75, 3.05) is 13.1 Å². The number of nitrogens with one attached hydrogen (secondary N) is 1. The van der Waals surface area contributed by atoms with Crippen molar-refractivity contribution in [1.82, 2.24) is 5.32 Å². The van der Waals surface area contributed by atoms with Gasteiger partial charge < -0.3 is 15.5 Å². The second kappa shape index (κ2) is 3.56. The van der Waals surface area contributed by atoms with Crippen molar-refractivity contribution in [2.45, 2.75) is 44.3 Å². The third-order valence-electron chi connectivity index (χ3n) is 3.60. The molecule has 0 aromatic carbocycles. The summed E-state index contributed by atoms with van der Waals surface area (Å²) in [7, 11) is 0. The molecule has 2 atom stereocenters. The Morgan fingerprint density at radius 2 is 1.77 bits per heavy atom. The van der Waals surface area contributed by atoms with Gasteiger partial charge in [-0.15, -0.1) is 0 Å². The van der Waals surface area contributed by atoms with Gasteiger partial charge in [0, 0.05) is 13.1 Å². The first-order valence-corrected chi connectivity index (χ1v) is 5.29.